The van der Waals surface area contributed by atoms with Gasteiger partial charge in [-0.3, -0.25) is 9.69 Å². The number of aromatic nitrogens is 2. The van der Waals surface area contributed by atoms with Crippen LogP contribution in [0.3, 0.4) is 0 Å². The second kappa shape index (κ2) is 10.7. The molecule has 1 fully saturated rings. The molecule has 7 nitrogen and oxygen atoms in total. The smallest absolute Gasteiger partial charge is 0.270 e. The lowest BCUT2D eigenvalue weighted by molar-refractivity contribution is 0.0931. The Labute approximate surface area is 172 Å². The Morgan fingerprint density at radius 3 is 2.66 bits per heavy atom. The van der Waals surface area contributed by atoms with Gasteiger partial charge in [0.25, 0.3) is 5.91 Å². The predicted molar refractivity (Wildman–Crippen MR) is 115 cm³/mol. The Morgan fingerprint density at radius 1 is 1.17 bits per heavy atom. The number of nitrogens with zero attached hydrogens (tertiary/aromatic N) is 4. The predicted octanol–water partition coefficient (Wildman–Crippen LogP) is 2.00. The topological polar surface area (TPSA) is 70.6 Å². The van der Waals surface area contributed by atoms with Crippen LogP contribution in [-0.2, 0) is 4.74 Å². The Kier molecular flexibility index (Phi) is 7.72. The second-order valence-electron chi connectivity index (χ2n) is 7.01. The summed E-state index contributed by atoms with van der Waals surface area (Å²) in [4.78, 5) is 25.8. The lowest BCUT2D eigenvalue weighted by atomic mass is 10.2. The van der Waals surface area contributed by atoms with E-state index in [2.05, 4.69) is 49.4 Å². The minimum atomic E-state index is -0.196. The van der Waals surface area contributed by atoms with E-state index in [0.717, 1.165) is 38.5 Å². The summed E-state index contributed by atoms with van der Waals surface area (Å²) in [6.07, 6.45) is 4.37. The summed E-state index contributed by atoms with van der Waals surface area (Å²) in [6.45, 7) is 7.35. The van der Waals surface area contributed by atoms with Crippen molar-refractivity contribution in [1.82, 2.24) is 20.2 Å². The first kappa shape index (κ1) is 21.0. The first-order chi connectivity index (χ1) is 14.2. The molecule has 1 aliphatic heterocycles. The Balaban J connectivity index is 1.53. The second-order valence-corrected chi connectivity index (χ2v) is 7.01. The van der Waals surface area contributed by atoms with E-state index in [4.69, 9.17) is 4.74 Å². The number of rotatable bonds is 8. The molecule has 0 unspecified atom stereocenters. The molecule has 0 atom stereocenters. The number of methoxy groups -OCH3 is 1. The third-order valence-corrected chi connectivity index (χ3v) is 4.82. The molecule has 3 rings (SSSR count). The van der Waals surface area contributed by atoms with Gasteiger partial charge in [-0.1, -0.05) is 42.5 Å². The molecule has 0 radical (unpaired) electrons. The van der Waals surface area contributed by atoms with Crippen LogP contribution in [0.2, 0.25) is 0 Å². The van der Waals surface area contributed by atoms with Gasteiger partial charge >= 0.3 is 0 Å². The number of hydrogen-bond donors (Lipinski definition) is 1. The van der Waals surface area contributed by atoms with Crippen LogP contribution in [0.1, 0.15) is 21.9 Å². The zero-order valence-electron chi connectivity index (χ0n) is 17.2. The van der Waals surface area contributed by atoms with E-state index in [1.54, 1.807) is 13.2 Å². The van der Waals surface area contributed by atoms with Gasteiger partial charge in [-0.25, -0.2) is 9.97 Å². The molecule has 1 saturated heterocycles. The molecule has 1 amide bonds. The van der Waals surface area contributed by atoms with Gasteiger partial charge in [0.2, 0.25) is 0 Å². The number of ether oxygens (including phenoxy) is 1. The molecule has 2 heterocycles. The highest BCUT2D eigenvalue weighted by Gasteiger charge is 2.19. The molecular formula is C22H29N5O2. The number of benzene rings is 1. The highest BCUT2D eigenvalue weighted by Crippen LogP contribution is 2.15. The minimum Gasteiger partial charge on any atom is -0.383 e. The van der Waals surface area contributed by atoms with E-state index in [0.29, 0.717) is 24.7 Å². The third kappa shape index (κ3) is 6.37. The summed E-state index contributed by atoms with van der Waals surface area (Å²) in [5, 5.41) is 2.81. The number of aryl methyl sites for hydroxylation is 1. The number of hydrogen-bond acceptors (Lipinski definition) is 6. The van der Waals surface area contributed by atoms with Gasteiger partial charge in [-0.05, 0) is 12.5 Å². The molecule has 0 bridgehead atoms. The van der Waals surface area contributed by atoms with Crippen LogP contribution < -0.4 is 10.2 Å². The van der Waals surface area contributed by atoms with Crippen LogP contribution in [0, 0.1) is 6.92 Å². The first-order valence-corrected chi connectivity index (χ1v) is 9.97. The third-order valence-electron chi connectivity index (χ3n) is 4.82. The summed E-state index contributed by atoms with van der Waals surface area (Å²) in [5.41, 5.74) is 1.62. The van der Waals surface area contributed by atoms with Crippen molar-refractivity contribution in [3.63, 3.8) is 0 Å². The summed E-state index contributed by atoms with van der Waals surface area (Å²) in [5.74, 6) is 1.22. The van der Waals surface area contributed by atoms with Gasteiger partial charge < -0.3 is 15.0 Å². The van der Waals surface area contributed by atoms with Gasteiger partial charge in [0.1, 0.15) is 17.3 Å². The Morgan fingerprint density at radius 2 is 1.93 bits per heavy atom. The molecule has 1 aromatic heterocycles. The van der Waals surface area contributed by atoms with Gasteiger partial charge in [0, 0.05) is 52.4 Å². The molecule has 1 N–H and O–H groups in total. The average Bonchev–Trinajstić information content (AvgIpc) is 2.74. The SMILES string of the molecule is COCCNC(=O)c1cc(N2CCN(C/C=C/c3ccccc3)CC2)nc(C)n1. The number of piperazine rings is 1. The van der Waals surface area contributed by atoms with E-state index in [1.807, 2.05) is 25.1 Å². The highest BCUT2D eigenvalue weighted by molar-refractivity contribution is 5.92. The van der Waals surface area contributed by atoms with Crippen molar-refractivity contribution >= 4 is 17.8 Å². The van der Waals surface area contributed by atoms with E-state index in [-0.39, 0.29) is 5.91 Å². The Hall–Kier alpha value is -2.77. The van der Waals surface area contributed by atoms with Gasteiger partial charge in [-0.15, -0.1) is 0 Å². The van der Waals surface area contributed by atoms with Crippen molar-refractivity contribution in [2.75, 3.05) is 57.9 Å². The number of carbonyl (C=O) groups excluding carboxylic acids is 1. The summed E-state index contributed by atoms with van der Waals surface area (Å²) in [7, 11) is 1.61. The fourth-order valence-corrected chi connectivity index (χ4v) is 3.25. The molecule has 2 aromatic rings. The molecular weight excluding hydrogens is 366 g/mol. The summed E-state index contributed by atoms with van der Waals surface area (Å²) < 4.78 is 4.97. The molecule has 154 valence electrons. The number of carbonyl (C=O) groups is 1. The largest absolute Gasteiger partial charge is 0.383 e. The van der Waals surface area contributed by atoms with Crippen LogP contribution >= 0.6 is 0 Å². The maximum Gasteiger partial charge on any atom is 0.270 e. The molecule has 7 heteroatoms. The number of amides is 1. The molecule has 1 aliphatic rings. The molecule has 0 saturated carbocycles. The standard InChI is InChI=1S/C22H29N5O2/c1-18-24-20(22(28)23-10-16-29-2)17-21(25-18)27-14-12-26(13-15-27)11-6-9-19-7-4-3-5-8-19/h3-9,17H,10-16H2,1-2H3,(H,23,28)/b9-6+. The minimum absolute atomic E-state index is 0.196. The monoisotopic (exact) mass is 395 g/mol. The lowest BCUT2D eigenvalue weighted by Crippen LogP contribution is -2.46. The first-order valence-electron chi connectivity index (χ1n) is 9.97. The van der Waals surface area contributed by atoms with E-state index >= 15 is 0 Å². The van der Waals surface area contributed by atoms with Crippen molar-refractivity contribution < 1.29 is 9.53 Å². The summed E-state index contributed by atoms with van der Waals surface area (Å²) >= 11 is 0. The molecule has 0 aliphatic carbocycles. The van der Waals surface area contributed by atoms with Gasteiger partial charge in [0.15, 0.2) is 0 Å². The van der Waals surface area contributed by atoms with Crippen LogP contribution in [0.15, 0.2) is 42.5 Å². The van der Waals surface area contributed by atoms with E-state index in [1.165, 1.54) is 5.56 Å². The van der Waals surface area contributed by atoms with Crippen molar-refractivity contribution in [2.24, 2.45) is 0 Å². The maximum absolute atomic E-state index is 12.3. The number of nitrogens with one attached hydrogen (secondary N) is 1. The van der Waals surface area contributed by atoms with E-state index < -0.39 is 0 Å². The van der Waals surface area contributed by atoms with Crippen LogP contribution in [0.4, 0.5) is 5.82 Å². The molecule has 0 spiro atoms. The fraction of sp³-hybridized carbons (Fsp3) is 0.409. The normalized spacial score (nSPS) is 15.0. The lowest BCUT2D eigenvalue weighted by Gasteiger charge is -2.35. The molecule has 1 aromatic carbocycles. The zero-order chi connectivity index (χ0) is 20.5. The quantitative estimate of drug-likeness (QED) is 0.690. The molecule has 29 heavy (non-hydrogen) atoms. The number of anilines is 1. The van der Waals surface area contributed by atoms with Gasteiger partial charge in [0.05, 0.1) is 6.61 Å². The average molecular weight is 396 g/mol. The van der Waals surface area contributed by atoms with Crippen LogP contribution in [0.25, 0.3) is 6.08 Å². The highest BCUT2D eigenvalue weighted by atomic mass is 16.5. The van der Waals surface area contributed by atoms with Gasteiger partial charge in [-0.2, -0.15) is 0 Å². The van der Waals surface area contributed by atoms with E-state index in [9.17, 15) is 4.79 Å². The van der Waals surface area contributed by atoms with Crippen molar-refractivity contribution in [3.8, 4) is 0 Å². The van der Waals surface area contributed by atoms with Crippen LogP contribution in [0.5, 0.6) is 0 Å². The maximum atomic E-state index is 12.3. The Bertz CT molecular complexity index is 817. The van der Waals surface area contributed by atoms with Crippen molar-refractivity contribution in [3.05, 3.63) is 59.6 Å². The summed E-state index contributed by atoms with van der Waals surface area (Å²) in [6, 6.07) is 12.1. The zero-order valence-corrected chi connectivity index (χ0v) is 17.2. The van der Waals surface area contributed by atoms with Crippen LogP contribution in [-0.4, -0.2) is 73.8 Å². The fourth-order valence-electron chi connectivity index (χ4n) is 3.25. The van der Waals surface area contributed by atoms with Crippen molar-refractivity contribution in [1.29, 1.82) is 0 Å². The van der Waals surface area contributed by atoms with Crippen molar-refractivity contribution in [2.45, 2.75) is 6.92 Å².